The van der Waals surface area contributed by atoms with Crippen LogP contribution < -0.4 is 20.5 Å². The summed E-state index contributed by atoms with van der Waals surface area (Å²) < 4.78 is 14.0. The number of hydrogen-bond donors (Lipinski definition) is 1. The summed E-state index contributed by atoms with van der Waals surface area (Å²) in [5.41, 5.74) is 2.60. The van der Waals surface area contributed by atoms with Crippen molar-refractivity contribution in [1.29, 1.82) is 0 Å². The molecule has 1 amide bonds. The molecule has 0 saturated carbocycles. The summed E-state index contributed by atoms with van der Waals surface area (Å²) in [7, 11) is 0. The average molecular weight is 367 g/mol. The van der Waals surface area contributed by atoms with Crippen LogP contribution in [0.1, 0.15) is 18.9 Å². The first-order chi connectivity index (χ1) is 13.2. The van der Waals surface area contributed by atoms with Crippen LogP contribution in [0.25, 0.3) is 11.0 Å². The molecule has 7 nitrogen and oxygen atoms in total. The molecule has 1 N–H and O–H groups in total. The molecule has 2 heterocycles. The first-order valence-corrected chi connectivity index (χ1v) is 9.00. The van der Waals surface area contributed by atoms with Crippen molar-refractivity contribution in [2.75, 3.05) is 6.79 Å². The van der Waals surface area contributed by atoms with Crippen molar-refractivity contribution in [2.45, 2.75) is 33.0 Å². The Morgan fingerprint density at radius 3 is 2.59 bits per heavy atom. The maximum Gasteiger partial charge on any atom is 0.329 e. The lowest BCUT2D eigenvalue weighted by Crippen LogP contribution is -2.28. The molecule has 1 aromatic heterocycles. The lowest BCUT2D eigenvalue weighted by molar-refractivity contribution is -0.121. The van der Waals surface area contributed by atoms with Gasteiger partial charge >= 0.3 is 5.69 Å². The van der Waals surface area contributed by atoms with E-state index in [-0.39, 0.29) is 24.8 Å². The Labute approximate surface area is 156 Å². The third-order valence-electron chi connectivity index (χ3n) is 4.73. The number of ether oxygens (including phenoxy) is 2. The van der Waals surface area contributed by atoms with Crippen molar-refractivity contribution in [2.24, 2.45) is 0 Å². The van der Waals surface area contributed by atoms with Crippen molar-refractivity contribution in [1.82, 2.24) is 14.5 Å². The Balaban J connectivity index is 1.40. The van der Waals surface area contributed by atoms with Crippen LogP contribution in [-0.2, 0) is 24.4 Å². The number of carbonyl (C=O) groups is 1. The Kier molecular flexibility index (Phi) is 4.58. The molecule has 0 bridgehead atoms. The number of benzene rings is 2. The normalized spacial score (nSPS) is 12.5. The number of hydrogen-bond acceptors (Lipinski definition) is 4. The van der Waals surface area contributed by atoms with E-state index in [1.165, 1.54) is 0 Å². The summed E-state index contributed by atoms with van der Waals surface area (Å²) in [6.45, 7) is 3.52. The molecule has 7 heteroatoms. The zero-order valence-corrected chi connectivity index (χ0v) is 15.1. The SMILES string of the molecule is CCn1c(=O)n(CCC(=O)NCc2ccc3c(c2)OCO3)c2ccccc21. The topological polar surface area (TPSA) is 74.5 Å². The van der Waals surface area contributed by atoms with E-state index in [0.29, 0.717) is 25.4 Å². The van der Waals surface area contributed by atoms with Gasteiger partial charge in [-0.15, -0.1) is 0 Å². The zero-order valence-electron chi connectivity index (χ0n) is 15.1. The first kappa shape index (κ1) is 17.2. The highest BCUT2D eigenvalue weighted by molar-refractivity contribution is 5.78. The van der Waals surface area contributed by atoms with Gasteiger partial charge in [-0.25, -0.2) is 4.79 Å². The van der Waals surface area contributed by atoms with Gasteiger partial charge in [0.15, 0.2) is 11.5 Å². The predicted molar refractivity (Wildman–Crippen MR) is 101 cm³/mol. The molecular formula is C20H21N3O4. The molecule has 1 aliphatic rings. The molecule has 0 radical (unpaired) electrons. The van der Waals surface area contributed by atoms with Gasteiger partial charge in [-0.2, -0.15) is 0 Å². The number of fused-ring (bicyclic) bond motifs is 2. The molecule has 0 saturated heterocycles. The van der Waals surface area contributed by atoms with Gasteiger partial charge in [0, 0.05) is 26.1 Å². The van der Waals surface area contributed by atoms with Gasteiger partial charge < -0.3 is 14.8 Å². The fraction of sp³-hybridized carbons (Fsp3) is 0.300. The molecule has 0 unspecified atom stereocenters. The molecule has 0 aliphatic carbocycles. The minimum atomic E-state index is -0.104. The van der Waals surface area contributed by atoms with Gasteiger partial charge in [-0.3, -0.25) is 13.9 Å². The first-order valence-electron chi connectivity index (χ1n) is 9.00. The maximum atomic E-state index is 12.6. The third kappa shape index (κ3) is 3.28. The monoisotopic (exact) mass is 367 g/mol. The van der Waals surface area contributed by atoms with Crippen LogP contribution in [0, 0.1) is 0 Å². The Bertz CT molecular complexity index is 1050. The lowest BCUT2D eigenvalue weighted by atomic mass is 10.2. The summed E-state index contributed by atoms with van der Waals surface area (Å²) in [5.74, 6) is 1.31. The lowest BCUT2D eigenvalue weighted by Gasteiger charge is -2.07. The molecule has 3 aromatic rings. The van der Waals surface area contributed by atoms with Crippen LogP contribution in [0.15, 0.2) is 47.3 Å². The van der Waals surface area contributed by atoms with Gasteiger partial charge in [-0.05, 0) is 36.8 Å². The van der Waals surface area contributed by atoms with Crippen LogP contribution >= 0.6 is 0 Å². The van der Waals surface area contributed by atoms with Crippen molar-refractivity contribution in [3.63, 3.8) is 0 Å². The summed E-state index contributed by atoms with van der Waals surface area (Å²) in [6.07, 6.45) is 0.238. The number of amides is 1. The molecule has 27 heavy (non-hydrogen) atoms. The molecule has 4 rings (SSSR count). The quantitative estimate of drug-likeness (QED) is 0.725. The van der Waals surface area contributed by atoms with E-state index in [1.54, 1.807) is 9.13 Å². The Morgan fingerprint density at radius 1 is 1.07 bits per heavy atom. The highest BCUT2D eigenvalue weighted by atomic mass is 16.7. The second kappa shape index (κ2) is 7.19. The number of nitrogens with zero attached hydrogens (tertiary/aromatic N) is 2. The van der Waals surface area contributed by atoms with Gasteiger partial charge in [0.25, 0.3) is 0 Å². The second-order valence-electron chi connectivity index (χ2n) is 6.38. The second-order valence-corrected chi connectivity index (χ2v) is 6.38. The smallest absolute Gasteiger partial charge is 0.329 e. The van der Waals surface area contributed by atoms with Gasteiger partial charge in [0.2, 0.25) is 12.7 Å². The van der Waals surface area contributed by atoms with Gasteiger partial charge in [0.05, 0.1) is 11.0 Å². The minimum absolute atomic E-state index is 0.0812. The Hall–Kier alpha value is -3.22. The van der Waals surface area contributed by atoms with E-state index in [2.05, 4.69) is 5.32 Å². The number of para-hydroxylation sites is 2. The van der Waals surface area contributed by atoms with Gasteiger partial charge in [0.1, 0.15) is 0 Å². The highest BCUT2D eigenvalue weighted by Crippen LogP contribution is 2.32. The maximum absolute atomic E-state index is 12.6. The minimum Gasteiger partial charge on any atom is -0.454 e. The molecule has 0 spiro atoms. The van der Waals surface area contributed by atoms with E-state index in [0.717, 1.165) is 22.3 Å². The van der Waals surface area contributed by atoms with Crippen LogP contribution in [0.3, 0.4) is 0 Å². The number of carbonyl (C=O) groups excluding carboxylic acids is 1. The van der Waals surface area contributed by atoms with Gasteiger partial charge in [-0.1, -0.05) is 18.2 Å². The highest BCUT2D eigenvalue weighted by Gasteiger charge is 2.14. The van der Waals surface area contributed by atoms with E-state index < -0.39 is 0 Å². The van der Waals surface area contributed by atoms with Crippen LogP contribution in [0.5, 0.6) is 11.5 Å². The predicted octanol–water partition coefficient (Wildman–Crippen LogP) is 2.26. The molecule has 0 atom stereocenters. The summed E-state index contributed by atoms with van der Waals surface area (Å²) in [6, 6.07) is 13.2. The van der Waals surface area contributed by atoms with Crippen LogP contribution in [0.2, 0.25) is 0 Å². The summed E-state index contributed by atoms with van der Waals surface area (Å²) >= 11 is 0. The van der Waals surface area contributed by atoms with Crippen molar-refractivity contribution in [3.05, 3.63) is 58.5 Å². The van der Waals surface area contributed by atoms with Crippen LogP contribution in [-0.4, -0.2) is 21.8 Å². The van der Waals surface area contributed by atoms with E-state index in [1.807, 2.05) is 49.4 Å². The van der Waals surface area contributed by atoms with E-state index in [9.17, 15) is 9.59 Å². The van der Waals surface area contributed by atoms with E-state index >= 15 is 0 Å². The zero-order chi connectivity index (χ0) is 18.8. The number of nitrogens with one attached hydrogen (secondary N) is 1. The molecule has 0 fully saturated rings. The standard InChI is InChI=1S/C20H21N3O4/c1-2-22-15-5-3-4-6-16(15)23(20(22)25)10-9-19(24)21-12-14-7-8-17-18(11-14)27-13-26-17/h3-8,11H,2,9-10,12-13H2,1H3,(H,21,24). The average Bonchev–Trinajstić information content (AvgIpc) is 3.26. The number of aromatic nitrogens is 2. The number of aryl methyl sites for hydroxylation is 2. The Morgan fingerprint density at radius 2 is 1.81 bits per heavy atom. The van der Waals surface area contributed by atoms with Crippen molar-refractivity contribution >= 4 is 16.9 Å². The fourth-order valence-corrected chi connectivity index (χ4v) is 3.35. The fourth-order valence-electron chi connectivity index (χ4n) is 3.35. The molecule has 2 aromatic carbocycles. The summed E-state index contributed by atoms with van der Waals surface area (Å²) in [5, 5.41) is 2.89. The molecule has 1 aliphatic heterocycles. The molecule has 140 valence electrons. The summed E-state index contributed by atoms with van der Waals surface area (Å²) in [4.78, 5) is 24.8. The molecular weight excluding hydrogens is 346 g/mol. The largest absolute Gasteiger partial charge is 0.454 e. The number of rotatable bonds is 6. The third-order valence-corrected chi connectivity index (χ3v) is 4.73. The van der Waals surface area contributed by atoms with Crippen LogP contribution in [0.4, 0.5) is 0 Å². The number of imidazole rings is 1. The van der Waals surface area contributed by atoms with E-state index in [4.69, 9.17) is 9.47 Å². The van der Waals surface area contributed by atoms with Crippen molar-refractivity contribution in [3.8, 4) is 11.5 Å². The van der Waals surface area contributed by atoms with Crippen molar-refractivity contribution < 1.29 is 14.3 Å².